The number of halogens is 1. The van der Waals surface area contributed by atoms with Crippen LogP contribution in [-0.2, 0) is 0 Å². The van der Waals surface area contributed by atoms with E-state index < -0.39 is 17.7 Å². The minimum Gasteiger partial charge on any atom is -0.387 e. The molecule has 0 saturated heterocycles. The predicted molar refractivity (Wildman–Crippen MR) is 144 cm³/mol. The Morgan fingerprint density at radius 3 is 2.64 bits per heavy atom. The Morgan fingerprint density at radius 1 is 1.15 bits per heavy atom. The van der Waals surface area contributed by atoms with Crippen LogP contribution >= 0.6 is 0 Å². The van der Waals surface area contributed by atoms with Crippen molar-refractivity contribution in [2.75, 3.05) is 11.9 Å². The predicted octanol–water partition coefficient (Wildman–Crippen LogP) is 4.24. The van der Waals surface area contributed by atoms with Crippen LogP contribution in [0.5, 0.6) is 0 Å². The van der Waals surface area contributed by atoms with Crippen molar-refractivity contribution in [3.8, 4) is 28.6 Å². The van der Waals surface area contributed by atoms with Crippen molar-refractivity contribution in [3.05, 3.63) is 84.4 Å². The summed E-state index contributed by atoms with van der Waals surface area (Å²) in [5.41, 5.74) is 4.00. The van der Waals surface area contributed by atoms with Crippen molar-refractivity contribution in [3.63, 3.8) is 0 Å². The van der Waals surface area contributed by atoms with Gasteiger partial charge in [0.25, 0.3) is 5.91 Å². The molecule has 4 N–H and O–H groups in total. The third-order valence-electron chi connectivity index (χ3n) is 6.24. The van der Waals surface area contributed by atoms with Crippen molar-refractivity contribution in [2.45, 2.75) is 25.6 Å². The van der Waals surface area contributed by atoms with Crippen LogP contribution in [0.25, 0.3) is 28.0 Å². The molecule has 11 heteroatoms. The van der Waals surface area contributed by atoms with Crippen LogP contribution < -0.4 is 10.6 Å². The fourth-order valence-electron chi connectivity index (χ4n) is 3.97. The van der Waals surface area contributed by atoms with Gasteiger partial charge in [0.2, 0.25) is 0 Å². The van der Waals surface area contributed by atoms with Crippen molar-refractivity contribution >= 4 is 22.8 Å². The Morgan fingerprint density at radius 2 is 1.95 bits per heavy atom. The first kappa shape index (κ1) is 25.6. The fraction of sp³-hybridized carbons (Fsp3) is 0.179. The summed E-state index contributed by atoms with van der Waals surface area (Å²) < 4.78 is 16.0. The lowest BCUT2D eigenvalue weighted by molar-refractivity contribution is -0.00177. The van der Waals surface area contributed by atoms with Crippen LogP contribution in [0.15, 0.2) is 73.3 Å². The molecule has 4 aromatic heterocycles. The molecule has 4 heterocycles. The molecule has 0 aliphatic heterocycles. The molecule has 1 unspecified atom stereocenters. The van der Waals surface area contributed by atoms with Crippen molar-refractivity contribution in [1.29, 1.82) is 5.26 Å². The number of carbonyl (C=O) groups excluding carboxylic acids is 1. The summed E-state index contributed by atoms with van der Waals surface area (Å²) in [7, 11) is 0. The number of nitrogens with one attached hydrogen (secondary N) is 3. The first-order valence-corrected chi connectivity index (χ1v) is 12.1. The van der Waals surface area contributed by atoms with Crippen LogP contribution in [-0.4, -0.2) is 54.1 Å². The number of pyridine rings is 1. The molecule has 0 bridgehead atoms. The van der Waals surface area contributed by atoms with Crippen LogP contribution in [0.2, 0.25) is 0 Å². The molecule has 196 valence electrons. The topological polar surface area (TPSA) is 144 Å². The number of aromatic amines is 1. The van der Waals surface area contributed by atoms with E-state index in [2.05, 4.69) is 37.0 Å². The van der Waals surface area contributed by atoms with Gasteiger partial charge in [0.15, 0.2) is 0 Å². The zero-order valence-corrected chi connectivity index (χ0v) is 21.2. The zero-order valence-electron chi connectivity index (χ0n) is 21.2. The molecular weight excluding hydrogens is 499 g/mol. The fourth-order valence-corrected chi connectivity index (χ4v) is 3.97. The lowest BCUT2D eigenvalue weighted by Gasteiger charge is -2.22. The third-order valence-corrected chi connectivity index (χ3v) is 6.24. The maximum absolute atomic E-state index is 14.3. The number of fused-ring (bicyclic) bond motifs is 1. The largest absolute Gasteiger partial charge is 0.387 e. The highest BCUT2D eigenvalue weighted by atomic mass is 19.1. The molecule has 39 heavy (non-hydrogen) atoms. The number of aromatic nitrogens is 5. The second-order valence-electron chi connectivity index (χ2n) is 9.55. The highest BCUT2D eigenvalue weighted by molar-refractivity contribution is 6.00. The molecule has 0 aliphatic rings. The highest BCUT2D eigenvalue weighted by Gasteiger charge is 2.27. The molecule has 1 atom stereocenters. The molecular formula is C28H25FN8O2. The quantitative estimate of drug-likeness (QED) is 0.238. The summed E-state index contributed by atoms with van der Waals surface area (Å²) in [4.78, 5) is 17.6. The summed E-state index contributed by atoms with van der Waals surface area (Å²) in [5.74, 6) is -0.546. The average molecular weight is 525 g/mol. The summed E-state index contributed by atoms with van der Waals surface area (Å²) in [6.07, 6.45) is 4.74. The molecule has 1 amide bonds. The van der Waals surface area contributed by atoms with Gasteiger partial charge in [0, 0.05) is 23.6 Å². The smallest absolute Gasteiger partial charge is 0.255 e. The molecule has 0 fully saturated rings. The van der Waals surface area contributed by atoms with E-state index in [9.17, 15) is 19.6 Å². The van der Waals surface area contributed by atoms with Gasteiger partial charge in [-0.15, -0.1) is 0 Å². The average Bonchev–Trinajstić information content (AvgIpc) is 3.61. The summed E-state index contributed by atoms with van der Waals surface area (Å²) in [5, 5.41) is 36.0. The van der Waals surface area contributed by atoms with E-state index in [4.69, 9.17) is 0 Å². The van der Waals surface area contributed by atoms with E-state index in [1.54, 1.807) is 29.0 Å². The maximum Gasteiger partial charge on any atom is 0.255 e. The number of nitriles is 1. The number of hydrogen-bond acceptors (Lipinski definition) is 7. The lowest BCUT2D eigenvalue weighted by Crippen LogP contribution is -2.42. The molecule has 1 aromatic carbocycles. The van der Waals surface area contributed by atoms with Crippen molar-refractivity contribution in [2.24, 2.45) is 0 Å². The highest BCUT2D eigenvalue weighted by Crippen LogP contribution is 2.29. The number of alkyl halides is 1. The van der Waals surface area contributed by atoms with Crippen LogP contribution in [0, 0.1) is 11.3 Å². The van der Waals surface area contributed by atoms with Gasteiger partial charge < -0.3 is 15.7 Å². The maximum atomic E-state index is 14.3. The molecule has 5 rings (SSSR count). The minimum absolute atomic E-state index is 0.196. The van der Waals surface area contributed by atoms with Gasteiger partial charge in [-0.1, -0.05) is 12.1 Å². The number of aliphatic hydroxyl groups is 1. The number of rotatable bonds is 8. The Bertz CT molecular complexity index is 1670. The standard InChI is InChI=1S/C28H25FN8O2/c1-28(2,39)26(29)16-32-27(38)22-15-31-24(25-8-7-21-9-17(11-30)12-35-37(21)25)10-23(22)36-20-5-3-18(4-6-20)19-13-33-34-14-19/h3-10,12-15,26,39H,16H2,1-2H3,(H,31,36)(H,32,38)(H,33,34). The molecule has 0 radical (unpaired) electrons. The molecule has 0 spiro atoms. The zero-order chi connectivity index (χ0) is 27.6. The van der Waals surface area contributed by atoms with Crippen molar-refractivity contribution in [1.82, 2.24) is 30.1 Å². The van der Waals surface area contributed by atoms with E-state index >= 15 is 0 Å². The SMILES string of the molecule is CC(C)(O)C(F)CNC(=O)c1cnc(-c2ccc3cc(C#N)cnn23)cc1Nc1ccc(-c2cn[nH]c2)cc1. The first-order valence-electron chi connectivity index (χ1n) is 12.1. The van der Waals surface area contributed by atoms with Gasteiger partial charge >= 0.3 is 0 Å². The second-order valence-corrected chi connectivity index (χ2v) is 9.55. The third kappa shape index (κ3) is 5.46. The number of amides is 1. The number of anilines is 2. The minimum atomic E-state index is -1.66. The summed E-state index contributed by atoms with van der Waals surface area (Å²) in [6.45, 7) is 2.32. The number of carbonyl (C=O) groups is 1. The molecule has 5 aromatic rings. The van der Waals surface area contributed by atoms with Gasteiger partial charge in [-0.25, -0.2) is 8.91 Å². The van der Waals surface area contributed by atoms with Gasteiger partial charge in [-0.3, -0.25) is 14.9 Å². The normalized spacial score (nSPS) is 12.2. The van der Waals surface area contributed by atoms with E-state index in [1.807, 2.05) is 36.4 Å². The monoisotopic (exact) mass is 524 g/mol. The summed E-state index contributed by atoms with van der Waals surface area (Å²) in [6, 6.07) is 16.7. The number of nitrogens with zero attached hydrogens (tertiary/aromatic N) is 5. The number of H-pyrrole nitrogens is 1. The van der Waals surface area contributed by atoms with Crippen LogP contribution in [0.3, 0.4) is 0 Å². The lowest BCUT2D eigenvalue weighted by atomic mass is 10.0. The second kappa shape index (κ2) is 10.4. The van der Waals surface area contributed by atoms with E-state index in [-0.39, 0.29) is 12.1 Å². The van der Waals surface area contributed by atoms with Gasteiger partial charge in [-0.2, -0.15) is 15.5 Å². The molecule has 0 saturated carbocycles. The number of hydrogen-bond donors (Lipinski definition) is 4. The Kier molecular flexibility index (Phi) is 6.79. The van der Waals surface area contributed by atoms with Crippen LogP contribution in [0.1, 0.15) is 29.8 Å². The van der Waals surface area contributed by atoms with E-state index in [0.717, 1.165) is 16.6 Å². The Balaban J connectivity index is 1.49. The van der Waals surface area contributed by atoms with E-state index in [0.29, 0.717) is 28.3 Å². The van der Waals surface area contributed by atoms with E-state index in [1.165, 1.54) is 26.2 Å². The van der Waals surface area contributed by atoms with Gasteiger partial charge in [-0.05, 0) is 55.8 Å². The number of benzene rings is 1. The Labute approximate surface area is 223 Å². The van der Waals surface area contributed by atoms with Gasteiger partial charge in [0.1, 0.15) is 12.2 Å². The molecule has 0 aliphatic carbocycles. The Hall–Kier alpha value is -5.08. The first-order chi connectivity index (χ1) is 18.7. The summed E-state index contributed by atoms with van der Waals surface area (Å²) >= 11 is 0. The van der Waals surface area contributed by atoms with Crippen molar-refractivity contribution < 1.29 is 14.3 Å². The van der Waals surface area contributed by atoms with Gasteiger partial charge in [0.05, 0.1) is 58.3 Å². The molecule has 10 nitrogen and oxygen atoms in total. The van der Waals surface area contributed by atoms with Crippen LogP contribution in [0.4, 0.5) is 15.8 Å².